The van der Waals surface area contributed by atoms with Crippen LogP contribution in [0.2, 0.25) is 5.02 Å². The summed E-state index contributed by atoms with van der Waals surface area (Å²) in [6, 6.07) is 7.55. The van der Waals surface area contributed by atoms with Crippen molar-refractivity contribution in [2.45, 2.75) is 45.3 Å². The summed E-state index contributed by atoms with van der Waals surface area (Å²) in [4.78, 5) is 35.5. The molecule has 1 aromatic heterocycles. The van der Waals surface area contributed by atoms with Crippen LogP contribution in [0.5, 0.6) is 0 Å². The average molecular weight is 516 g/mol. The van der Waals surface area contributed by atoms with E-state index in [1.165, 1.54) is 0 Å². The monoisotopic (exact) mass is 515 g/mol. The lowest BCUT2D eigenvalue weighted by atomic mass is 10.1. The highest BCUT2D eigenvalue weighted by Gasteiger charge is 2.28. The van der Waals surface area contributed by atoms with Crippen LogP contribution < -0.4 is 10.2 Å². The molecule has 0 saturated carbocycles. The van der Waals surface area contributed by atoms with Crippen molar-refractivity contribution in [1.29, 1.82) is 0 Å². The summed E-state index contributed by atoms with van der Waals surface area (Å²) in [7, 11) is 0. The Morgan fingerprint density at radius 2 is 1.72 bits per heavy atom. The molecule has 2 amide bonds. The van der Waals surface area contributed by atoms with E-state index >= 15 is 0 Å². The van der Waals surface area contributed by atoms with Crippen molar-refractivity contribution >= 4 is 29.5 Å². The lowest BCUT2D eigenvalue weighted by Crippen LogP contribution is -2.52. The van der Waals surface area contributed by atoms with Crippen LogP contribution in [0.25, 0.3) is 11.3 Å². The first-order valence-electron chi connectivity index (χ1n) is 12.4. The number of benzene rings is 1. The SMILES string of the molecule is CC(C)(C)OC(=O)N1CCC(NC(=O)CN2CCN(c3nncc(-c4ccc(Cl)cc4)n3)CC2)CC1. The number of hydrogen-bond acceptors (Lipinski definition) is 8. The minimum atomic E-state index is -0.506. The number of carbonyl (C=O) groups is 2. The number of amides is 2. The first kappa shape index (κ1) is 26.1. The summed E-state index contributed by atoms with van der Waals surface area (Å²) in [6.07, 6.45) is 2.81. The summed E-state index contributed by atoms with van der Waals surface area (Å²) < 4.78 is 5.44. The van der Waals surface area contributed by atoms with Crippen molar-refractivity contribution in [3.05, 3.63) is 35.5 Å². The van der Waals surface area contributed by atoms with Crippen LogP contribution in [0.3, 0.4) is 0 Å². The van der Waals surface area contributed by atoms with Gasteiger partial charge in [0.2, 0.25) is 11.9 Å². The van der Waals surface area contributed by atoms with Crippen LogP contribution in [-0.4, -0.2) is 94.4 Å². The second-order valence-electron chi connectivity index (χ2n) is 10.2. The minimum absolute atomic E-state index is 0.0156. The third-order valence-corrected chi connectivity index (χ3v) is 6.47. The molecule has 0 spiro atoms. The molecule has 0 bridgehead atoms. The average Bonchev–Trinajstić information content (AvgIpc) is 2.84. The molecule has 2 aliphatic heterocycles. The molecule has 0 unspecified atom stereocenters. The van der Waals surface area contributed by atoms with Crippen molar-refractivity contribution in [2.24, 2.45) is 0 Å². The Kier molecular flexibility index (Phi) is 8.25. The highest BCUT2D eigenvalue weighted by atomic mass is 35.5. The Morgan fingerprint density at radius 1 is 1.06 bits per heavy atom. The van der Waals surface area contributed by atoms with E-state index < -0.39 is 5.60 Å². The molecule has 36 heavy (non-hydrogen) atoms. The standard InChI is InChI=1S/C25H34ClN7O3/c1-25(2,3)36-24(35)33-10-8-20(9-11-33)28-22(34)17-31-12-14-32(15-13-31)23-29-21(16-27-30-23)18-4-6-19(26)7-5-18/h4-7,16,20H,8-15,17H2,1-3H3,(H,28,34). The largest absolute Gasteiger partial charge is 0.444 e. The Morgan fingerprint density at radius 3 is 2.36 bits per heavy atom. The summed E-state index contributed by atoms with van der Waals surface area (Å²) >= 11 is 5.98. The number of ether oxygens (including phenoxy) is 1. The van der Waals surface area contributed by atoms with Crippen LogP contribution in [0.15, 0.2) is 30.5 Å². The lowest BCUT2D eigenvalue weighted by Gasteiger charge is -2.35. The van der Waals surface area contributed by atoms with Gasteiger partial charge in [0, 0.05) is 55.9 Å². The van der Waals surface area contributed by atoms with Gasteiger partial charge >= 0.3 is 6.09 Å². The fourth-order valence-corrected chi connectivity index (χ4v) is 4.43. The zero-order chi connectivity index (χ0) is 25.7. The summed E-state index contributed by atoms with van der Waals surface area (Å²) in [5, 5.41) is 12.1. The van der Waals surface area contributed by atoms with Crippen LogP contribution in [-0.2, 0) is 9.53 Å². The predicted molar refractivity (Wildman–Crippen MR) is 138 cm³/mol. The van der Waals surface area contributed by atoms with E-state index in [9.17, 15) is 9.59 Å². The maximum Gasteiger partial charge on any atom is 0.410 e. The Balaban J connectivity index is 1.20. The van der Waals surface area contributed by atoms with E-state index in [-0.39, 0.29) is 18.0 Å². The van der Waals surface area contributed by atoms with Crippen molar-refractivity contribution in [3.63, 3.8) is 0 Å². The third-order valence-electron chi connectivity index (χ3n) is 6.22. The number of anilines is 1. The fraction of sp³-hybridized carbons (Fsp3) is 0.560. The summed E-state index contributed by atoms with van der Waals surface area (Å²) in [5.41, 5.74) is 1.17. The van der Waals surface area contributed by atoms with Crippen LogP contribution in [0.1, 0.15) is 33.6 Å². The number of nitrogens with one attached hydrogen (secondary N) is 1. The predicted octanol–water partition coefficient (Wildman–Crippen LogP) is 2.83. The van der Waals surface area contributed by atoms with Gasteiger partial charge in [0.25, 0.3) is 0 Å². The molecule has 0 atom stereocenters. The molecular weight excluding hydrogens is 482 g/mol. The van der Waals surface area contributed by atoms with E-state index in [2.05, 4.69) is 30.3 Å². The number of aromatic nitrogens is 3. The van der Waals surface area contributed by atoms with Gasteiger partial charge in [0.05, 0.1) is 18.4 Å². The molecule has 11 heteroatoms. The molecule has 2 aromatic rings. The normalized spacial score (nSPS) is 17.7. The number of piperazine rings is 1. The van der Waals surface area contributed by atoms with Crippen molar-refractivity contribution in [3.8, 4) is 11.3 Å². The molecule has 2 fully saturated rings. The van der Waals surface area contributed by atoms with E-state index in [1.807, 2.05) is 45.0 Å². The molecule has 3 heterocycles. The first-order valence-corrected chi connectivity index (χ1v) is 12.7. The maximum absolute atomic E-state index is 12.6. The smallest absolute Gasteiger partial charge is 0.410 e. The Labute approximate surface area is 217 Å². The zero-order valence-electron chi connectivity index (χ0n) is 21.1. The molecule has 1 N–H and O–H groups in total. The highest BCUT2D eigenvalue weighted by molar-refractivity contribution is 6.30. The zero-order valence-corrected chi connectivity index (χ0v) is 21.9. The summed E-state index contributed by atoms with van der Waals surface area (Å²) in [5.74, 6) is 0.602. The first-order chi connectivity index (χ1) is 17.2. The molecule has 194 valence electrons. The van der Waals surface area contributed by atoms with E-state index in [4.69, 9.17) is 16.3 Å². The number of hydrogen-bond donors (Lipinski definition) is 1. The molecule has 2 saturated heterocycles. The number of carbonyl (C=O) groups excluding carboxylic acids is 2. The number of piperidine rings is 1. The van der Waals surface area contributed by atoms with Gasteiger partial charge < -0.3 is 19.9 Å². The fourth-order valence-electron chi connectivity index (χ4n) is 4.30. The van der Waals surface area contributed by atoms with Gasteiger partial charge in [0.1, 0.15) is 5.60 Å². The molecule has 1 aromatic carbocycles. The number of nitrogens with zero attached hydrogens (tertiary/aromatic N) is 6. The number of halogens is 1. The quantitative estimate of drug-likeness (QED) is 0.648. The number of likely N-dealkylation sites (tertiary alicyclic amines) is 1. The lowest BCUT2D eigenvalue weighted by molar-refractivity contribution is -0.123. The molecular formula is C25H34ClN7O3. The molecule has 2 aliphatic rings. The second kappa shape index (κ2) is 11.4. The molecule has 0 aliphatic carbocycles. The van der Waals surface area contributed by atoms with Crippen LogP contribution in [0, 0.1) is 0 Å². The number of rotatable bonds is 5. The van der Waals surface area contributed by atoms with Crippen LogP contribution in [0.4, 0.5) is 10.7 Å². The van der Waals surface area contributed by atoms with E-state index in [0.29, 0.717) is 43.7 Å². The molecule has 0 radical (unpaired) electrons. The van der Waals surface area contributed by atoms with Crippen molar-refractivity contribution < 1.29 is 14.3 Å². The Hall–Kier alpha value is -2.98. The van der Waals surface area contributed by atoms with Gasteiger partial charge in [0.15, 0.2) is 0 Å². The molecule has 4 rings (SSSR count). The van der Waals surface area contributed by atoms with Gasteiger partial charge in [-0.3, -0.25) is 9.69 Å². The van der Waals surface area contributed by atoms with Crippen molar-refractivity contribution in [2.75, 3.05) is 50.7 Å². The van der Waals surface area contributed by atoms with Gasteiger partial charge in [-0.25, -0.2) is 9.78 Å². The van der Waals surface area contributed by atoms with Crippen LogP contribution >= 0.6 is 11.6 Å². The minimum Gasteiger partial charge on any atom is -0.444 e. The molecule has 10 nitrogen and oxygen atoms in total. The van der Waals surface area contributed by atoms with Gasteiger partial charge in [-0.1, -0.05) is 23.7 Å². The van der Waals surface area contributed by atoms with E-state index in [1.54, 1.807) is 11.1 Å². The van der Waals surface area contributed by atoms with Gasteiger partial charge in [-0.05, 0) is 45.7 Å². The highest BCUT2D eigenvalue weighted by Crippen LogP contribution is 2.21. The summed E-state index contributed by atoms with van der Waals surface area (Å²) in [6.45, 7) is 10.0. The second-order valence-corrected chi connectivity index (χ2v) is 10.7. The van der Waals surface area contributed by atoms with Crippen molar-refractivity contribution in [1.82, 2.24) is 30.3 Å². The van der Waals surface area contributed by atoms with Gasteiger partial charge in [-0.15, -0.1) is 5.10 Å². The van der Waals surface area contributed by atoms with E-state index in [0.717, 1.165) is 37.2 Å². The Bertz CT molecular complexity index is 1040. The maximum atomic E-state index is 12.6. The third kappa shape index (κ3) is 7.27. The van der Waals surface area contributed by atoms with Gasteiger partial charge in [-0.2, -0.15) is 5.10 Å². The topological polar surface area (TPSA) is 104 Å².